The molecule has 76 valence electrons. The summed E-state index contributed by atoms with van der Waals surface area (Å²) >= 11 is 0. The minimum Gasteiger partial charge on any atom is -0.480 e. The first-order valence-electron chi connectivity index (χ1n) is 3.98. The summed E-state index contributed by atoms with van der Waals surface area (Å²) in [6.45, 7) is 0. The molecule has 0 aromatic heterocycles. The van der Waals surface area contributed by atoms with E-state index in [1.807, 2.05) is 30.3 Å². The molecular weight excluding hydrogens is 182 g/mol. The van der Waals surface area contributed by atoms with Crippen molar-refractivity contribution in [3.63, 3.8) is 0 Å². The standard InChI is InChI=1S/C9H11NO2.H2N2/c10-8(9(11)12)6-7-4-2-1-3-5-7;1-2/h1-5,8H,6,10H2,(H,11,12);1H2/t8-;/m0./s1. The predicted molar refractivity (Wildman–Crippen MR) is 52.1 cm³/mol. The molecule has 1 rings (SSSR count). The van der Waals surface area contributed by atoms with Crippen LogP contribution in [-0.2, 0) is 11.2 Å². The van der Waals surface area contributed by atoms with Crippen molar-refractivity contribution in [2.24, 2.45) is 11.6 Å². The van der Waals surface area contributed by atoms with Crippen LogP contribution in [0.3, 0.4) is 0 Å². The molecule has 0 spiro atoms. The molecule has 14 heavy (non-hydrogen) atoms. The van der Waals surface area contributed by atoms with Crippen LogP contribution in [0.5, 0.6) is 0 Å². The van der Waals surface area contributed by atoms with Gasteiger partial charge in [-0.3, -0.25) is 4.79 Å². The third-order valence-electron chi connectivity index (χ3n) is 1.62. The summed E-state index contributed by atoms with van der Waals surface area (Å²) in [6, 6.07) is 8.54. The fourth-order valence-electron chi connectivity index (χ4n) is 0.955. The SMILES string of the molecule is N[C@@H](Cc1ccccc1)C(=O)O.[N]N. The summed E-state index contributed by atoms with van der Waals surface area (Å²) < 4.78 is 0. The highest BCUT2D eigenvalue weighted by molar-refractivity contribution is 5.73. The van der Waals surface area contributed by atoms with E-state index in [2.05, 4.69) is 5.84 Å². The Hall–Kier alpha value is -1.43. The minimum atomic E-state index is -0.959. The molecule has 1 aromatic rings. The lowest BCUT2D eigenvalue weighted by atomic mass is 10.1. The van der Waals surface area contributed by atoms with Crippen LogP contribution in [0, 0.1) is 0 Å². The van der Waals surface area contributed by atoms with Crippen molar-refractivity contribution >= 4 is 5.97 Å². The van der Waals surface area contributed by atoms with E-state index in [4.69, 9.17) is 16.7 Å². The van der Waals surface area contributed by atoms with Crippen molar-refractivity contribution < 1.29 is 9.90 Å². The summed E-state index contributed by atoms with van der Waals surface area (Å²) in [5.74, 6) is 9.04. The molecule has 0 saturated carbocycles. The maximum absolute atomic E-state index is 10.4. The number of hydrogen-bond donors (Lipinski definition) is 3. The van der Waals surface area contributed by atoms with Crippen molar-refractivity contribution in [1.82, 2.24) is 5.84 Å². The van der Waals surface area contributed by atoms with Crippen molar-refractivity contribution in [1.29, 1.82) is 0 Å². The van der Waals surface area contributed by atoms with Gasteiger partial charge in [-0.25, -0.2) is 5.84 Å². The van der Waals surface area contributed by atoms with Crippen LogP contribution >= 0.6 is 0 Å². The molecule has 0 saturated heterocycles. The third kappa shape index (κ3) is 4.56. The zero-order valence-electron chi connectivity index (χ0n) is 7.63. The van der Waals surface area contributed by atoms with Crippen LogP contribution in [0.2, 0.25) is 0 Å². The molecule has 0 heterocycles. The monoisotopic (exact) mass is 195 g/mol. The second kappa shape index (κ2) is 7.02. The van der Waals surface area contributed by atoms with Gasteiger partial charge >= 0.3 is 5.97 Å². The summed E-state index contributed by atoms with van der Waals surface area (Å²) in [5.41, 5.74) is 6.30. The highest BCUT2D eigenvalue weighted by Crippen LogP contribution is 2.01. The molecule has 0 aliphatic rings. The van der Waals surface area contributed by atoms with Gasteiger partial charge in [-0.15, -0.1) is 0 Å². The maximum Gasteiger partial charge on any atom is 0.320 e. The minimum absolute atomic E-state index is 0.385. The number of carbonyl (C=O) groups is 1. The van der Waals surface area contributed by atoms with E-state index in [0.717, 1.165) is 5.56 Å². The maximum atomic E-state index is 10.4. The average molecular weight is 195 g/mol. The number of hydrogen-bond acceptors (Lipinski definition) is 3. The van der Waals surface area contributed by atoms with Gasteiger partial charge in [0, 0.05) is 0 Å². The van der Waals surface area contributed by atoms with E-state index in [-0.39, 0.29) is 0 Å². The van der Waals surface area contributed by atoms with Crippen molar-refractivity contribution in [2.45, 2.75) is 12.5 Å². The highest BCUT2D eigenvalue weighted by atomic mass is 16.4. The first-order chi connectivity index (χ1) is 6.70. The molecule has 5 heteroatoms. The number of nitrogens with two attached hydrogens (primary N) is 2. The van der Waals surface area contributed by atoms with Gasteiger partial charge in [0.05, 0.1) is 0 Å². The zero-order chi connectivity index (χ0) is 11.0. The van der Waals surface area contributed by atoms with Gasteiger partial charge in [-0.05, 0) is 17.8 Å². The van der Waals surface area contributed by atoms with Crippen molar-refractivity contribution in [3.05, 3.63) is 35.9 Å². The van der Waals surface area contributed by atoms with Crippen LogP contribution in [0.25, 0.3) is 0 Å². The largest absolute Gasteiger partial charge is 0.480 e. The molecule has 5 nitrogen and oxygen atoms in total. The Bertz CT molecular complexity index is 264. The summed E-state index contributed by atoms with van der Waals surface area (Å²) in [6.07, 6.45) is 0.385. The normalized spacial score (nSPS) is 11.1. The Morgan fingerprint density at radius 1 is 1.36 bits per heavy atom. The summed E-state index contributed by atoms with van der Waals surface area (Å²) in [5, 5.41) is 8.52. The molecule has 2 radical (unpaired) electrons. The van der Waals surface area contributed by atoms with Crippen LogP contribution in [0.1, 0.15) is 5.56 Å². The Morgan fingerprint density at radius 3 is 2.29 bits per heavy atom. The molecular formula is C9H13N3O2. The molecule has 0 unspecified atom stereocenters. The first kappa shape index (κ1) is 12.6. The summed E-state index contributed by atoms with van der Waals surface area (Å²) in [7, 11) is 0. The zero-order valence-corrected chi connectivity index (χ0v) is 7.63. The number of carboxylic acid groups (broad SMARTS) is 1. The molecule has 0 aliphatic heterocycles. The first-order valence-corrected chi connectivity index (χ1v) is 3.98. The average Bonchev–Trinajstić information content (AvgIpc) is 2.22. The molecule has 0 bridgehead atoms. The quantitative estimate of drug-likeness (QED) is 0.448. The van der Waals surface area contributed by atoms with E-state index >= 15 is 0 Å². The number of rotatable bonds is 3. The lowest BCUT2D eigenvalue weighted by molar-refractivity contribution is -0.138. The smallest absolute Gasteiger partial charge is 0.320 e. The number of carboxylic acids is 1. The Kier molecular flexibility index (Phi) is 6.30. The predicted octanol–water partition coefficient (Wildman–Crippen LogP) is -0.430. The molecule has 0 amide bonds. The molecule has 1 aromatic carbocycles. The third-order valence-corrected chi connectivity index (χ3v) is 1.62. The van der Waals surface area contributed by atoms with Gasteiger partial charge in [0.25, 0.3) is 0 Å². The van der Waals surface area contributed by atoms with E-state index in [9.17, 15) is 4.79 Å². The van der Waals surface area contributed by atoms with Gasteiger partial charge < -0.3 is 10.8 Å². The Labute approximate surface area is 82.5 Å². The number of aliphatic carboxylic acids is 1. The molecule has 5 N–H and O–H groups in total. The van der Waals surface area contributed by atoms with Gasteiger partial charge in [0.1, 0.15) is 6.04 Å². The second-order valence-corrected chi connectivity index (χ2v) is 2.63. The number of nitrogens with zero attached hydrogens (tertiary/aromatic N) is 1. The van der Waals surface area contributed by atoms with Crippen LogP contribution in [0.15, 0.2) is 30.3 Å². The van der Waals surface area contributed by atoms with Crippen LogP contribution < -0.4 is 17.4 Å². The van der Waals surface area contributed by atoms with Gasteiger partial charge in [-0.1, -0.05) is 30.3 Å². The van der Waals surface area contributed by atoms with Crippen LogP contribution in [0.4, 0.5) is 0 Å². The molecule has 1 atom stereocenters. The van der Waals surface area contributed by atoms with Crippen LogP contribution in [-0.4, -0.2) is 17.1 Å². The van der Waals surface area contributed by atoms with E-state index < -0.39 is 12.0 Å². The Morgan fingerprint density at radius 2 is 1.86 bits per heavy atom. The Balaban J connectivity index is 0.000000791. The van der Waals surface area contributed by atoms with Gasteiger partial charge in [0.2, 0.25) is 0 Å². The molecule has 0 fully saturated rings. The molecule has 0 aliphatic carbocycles. The number of benzene rings is 1. The lowest BCUT2D eigenvalue weighted by Crippen LogP contribution is -2.32. The van der Waals surface area contributed by atoms with Crippen molar-refractivity contribution in [3.8, 4) is 0 Å². The van der Waals surface area contributed by atoms with Crippen molar-refractivity contribution in [2.75, 3.05) is 0 Å². The van der Waals surface area contributed by atoms with Gasteiger partial charge in [-0.2, -0.15) is 0 Å². The fourth-order valence-corrected chi connectivity index (χ4v) is 0.955. The van der Waals surface area contributed by atoms with E-state index in [0.29, 0.717) is 6.42 Å². The summed E-state index contributed by atoms with van der Waals surface area (Å²) in [4.78, 5) is 10.4. The highest BCUT2D eigenvalue weighted by Gasteiger charge is 2.10. The fraction of sp³-hybridized carbons (Fsp3) is 0.222. The topological polar surface area (TPSA) is 112 Å². The van der Waals surface area contributed by atoms with E-state index in [1.165, 1.54) is 0 Å². The van der Waals surface area contributed by atoms with Gasteiger partial charge in [0.15, 0.2) is 0 Å². The van der Waals surface area contributed by atoms with E-state index in [1.54, 1.807) is 0 Å². The lowest BCUT2D eigenvalue weighted by Gasteiger charge is -2.04. The second-order valence-electron chi connectivity index (χ2n) is 2.63.